The molecular weight excluding hydrogens is 159 g/mol. The van der Waals surface area contributed by atoms with Crippen LogP contribution in [-0.4, -0.2) is 25.7 Å². The Morgan fingerprint density at radius 1 is 1.18 bits per heavy atom. The average Bonchev–Trinajstić information content (AvgIpc) is 2.01. The maximum atomic E-state index is 5.35. The first-order valence-electron chi connectivity index (χ1n) is 4.28. The average molecular weight is 178 g/mol. The maximum Gasteiger partial charge on any atom is 0.157 e. The van der Waals surface area contributed by atoms with Crippen molar-refractivity contribution in [3.8, 4) is 0 Å². The quantitative estimate of drug-likeness (QED) is 0.438. The summed E-state index contributed by atoms with van der Waals surface area (Å²) in [6.07, 6.45) is 3.29. The van der Waals surface area contributed by atoms with Crippen molar-refractivity contribution in [2.24, 2.45) is 0 Å². The van der Waals surface area contributed by atoms with E-state index in [0.29, 0.717) is 0 Å². The Hall–Kier alpha value is 0.350. The molecule has 0 rings (SSSR count). The zero-order valence-electron chi connectivity index (χ0n) is 7.51. The molecule has 11 heavy (non-hydrogen) atoms. The zero-order valence-corrected chi connectivity index (χ0v) is 8.66. The summed E-state index contributed by atoms with van der Waals surface area (Å²) in [5.74, 6) is 0. The first-order chi connectivity index (χ1) is 5.35. The van der Waals surface area contributed by atoms with Crippen LogP contribution in [0.2, 0.25) is 0 Å². The molecule has 1 atom stereocenters. The zero-order chi connectivity index (χ0) is 8.53. The Morgan fingerprint density at radius 2 is 1.73 bits per heavy atom. The van der Waals surface area contributed by atoms with Crippen LogP contribution in [0.4, 0.5) is 0 Å². The second-order valence-corrected chi connectivity index (χ2v) is 2.85. The van der Waals surface area contributed by atoms with Crippen molar-refractivity contribution in [3.05, 3.63) is 0 Å². The molecule has 0 aliphatic carbocycles. The lowest BCUT2D eigenvalue weighted by Crippen LogP contribution is -2.17. The summed E-state index contributed by atoms with van der Waals surface area (Å²) in [5, 5.41) is 0. The van der Waals surface area contributed by atoms with Crippen LogP contribution >= 0.6 is 9.24 Å². The van der Waals surface area contributed by atoms with Crippen molar-refractivity contribution in [3.63, 3.8) is 0 Å². The van der Waals surface area contributed by atoms with Crippen LogP contribution in [0.3, 0.4) is 0 Å². The van der Waals surface area contributed by atoms with Crippen LogP contribution in [0, 0.1) is 0 Å². The second kappa shape index (κ2) is 8.45. The summed E-state index contributed by atoms with van der Waals surface area (Å²) in [6.45, 7) is 5.46. The summed E-state index contributed by atoms with van der Waals surface area (Å²) < 4.78 is 10.7. The third-order valence-electron chi connectivity index (χ3n) is 1.35. The van der Waals surface area contributed by atoms with Gasteiger partial charge in [0, 0.05) is 13.2 Å². The number of hydrogen-bond acceptors (Lipinski definition) is 2. The lowest BCUT2D eigenvalue weighted by atomic mass is 10.3. The van der Waals surface area contributed by atoms with Gasteiger partial charge in [0.05, 0.1) is 0 Å². The highest BCUT2D eigenvalue weighted by Crippen LogP contribution is 2.05. The van der Waals surface area contributed by atoms with Gasteiger partial charge in [-0.1, -0.05) is 0 Å². The topological polar surface area (TPSA) is 18.5 Å². The Balaban J connectivity index is 3.34. The van der Waals surface area contributed by atoms with Crippen LogP contribution in [-0.2, 0) is 9.47 Å². The Morgan fingerprint density at radius 3 is 2.09 bits per heavy atom. The predicted octanol–water partition coefficient (Wildman–Crippen LogP) is 2.04. The van der Waals surface area contributed by atoms with Crippen molar-refractivity contribution in [2.45, 2.75) is 33.0 Å². The lowest BCUT2D eigenvalue weighted by molar-refractivity contribution is -0.139. The van der Waals surface area contributed by atoms with E-state index in [1.54, 1.807) is 0 Å². The predicted molar refractivity (Wildman–Crippen MR) is 50.9 cm³/mol. The molecule has 0 heterocycles. The molecule has 0 N–H and O–H groups in total. The number of ether oxygens (including phenoxy) is 2. The third kappa shape index (κ3) is 6.74. The van der Waals surface area contributed by atoms with E-state index < -0.39 is 0 Å². The minimum Gasteiger partial charge on any atom is -0.353 e. The SMILES string of the molecule is CCOC(CCCP)OCC. The van der Waals surface area contributed by atoms with Gasteiger partial charge in [0.15, 0.2) is 6.29 Å². The van der Waals surface area contributed by atoms with Gasteiger partial charge in [-0.3, -0.25) is 0 Å². The minimum absolute atomic E-state index is 0.0190. The van der Waals surface area contributed by atoms with Crippen molar-refractivity contribution in [1.29, 1.82) is 0 Å². The third-order valence-corrected chi connectivity index (χ3v) is 1.76. The fourth-order valence-electron chi connectivity index (χ4n) is 0.871. The molecule has 0 aromatic carbocycles. The lowest BCUT2D eigenvalue weighted by Gasteiger charge is -2.15. The van der Waals surface area contributed by atoms with E-state index in [4.69, 9.17) is 9.47 Å². The van der Waals surface area contributed by atoms with Gasteiger partial charge in [-0.05, 0) is 32.9 Å². The molecule has 0 amide bonds. The van der Waals surface area contributed by atoms with E-state index in [1.165, 1.54) is 0 Å². The van der Waals surface area contributed by atoms with E-state index >= 15 is 0 Å². The molecule has 0 saturated carbocycles. The fourth-order valence-corrected chi connectivity index (χ4v) is 1.11. The van der Waals surface area contributed by atoms with Gasteiger partial charge in [-0.15, -0.1) is 9.24 Å². The minimum atomic E-state index is 0.0190. The van der Waals surface area contributed by atoms with Gasteiger partial charge < -0.3 is 9.47 Å². The highest BCUT2D eigenvalue weighted by atomic mass is 31.0. The molecule has 2 nitrogen and oxygen atoms in total. The van der Waals surface area contributed by atoms with Crippen molar-refractivity contribution in [1.82, 2.24) is 0 Å². The first kappa shape index (κ1) is 11.4. The summed E-state index contributed by atoms with van der Waals surface area (Å²) in [4.78, 5) is 0. The Bertz CT molecular complexity index is 72.5. The number of rotatable bonds is 7. The molecule has 1 unspecified atom stereocenters. The van der Waals surface area contributed by atoms with Gasteiger partial charge in [-0.2, -0.15) is 0 Å². The molecule has 0 fully saturated rings. The summed E-state index contributed by atoms with van der Waals surface area (Å²) >= 11 is 0. The second-order valence-electron chi connectivity index (χ2n) is 2.27. The first-order valence-corrected chi connectivity index (χ1v) is 5.10. The fraction of sp³-hybridized carbons (Fsp3) is 1.00. The van der Waals surface area contributed by atoms with E-state index in [1.807, 2.05) is 13.8 Å². The van der Waals surface area contributed by atoms with E-state index in [-0.39, 0.29) is 6.29 Å². The summed E-state index contributed by atoms with van der Waals surface area (Å²) in [6, 6.07) is 0. The largest absolute Gasteiger partial charge is 0.353 e. The summed E-state index contributed by atoms with van der Waals surface area (Å²) in [5.41, 5.74) is 0. The molecule has 0 radical (unpaired) electrons. The van der Waals surface area contributed by atoms with Gasteiger partial charge >= 0.3 is 0 Å². The standard InChI is InChI=1S/C8H19O2P/c1-3-9-8(10-4-2)6-5-7-11/h8H,3-7,11H2,1-2H3. The molecule has 68 valence electrons. The van der Waals surface area contributed by atoms with Crippen molar-refractivity contribution >= 4 is 9.24 Å². The molecule has 0 aromatic rings. The maximum absolute atomic E-state index is 5.35. The molecule has 0 aliphatic heterocycles. The Labute approximate surface area is 71.9 Å². The van der Waals surface area contributed by atoms with Crippen LogP contribution < -0.4 is 0 Å². The van der Waals surface area contributed by atoms with Crippen LogP contribution in [0.25, 0.3) is 0 Å². The Kier molecular flexibility index (Phi) is 8.72. The van der Waals surface area contributed by atoms with Gasteiger partial charge in [-0.25, -0.2) is 0 Å². The van der Waals surface area contributed by atoms with Gasteiger partial charge in [0.2, 0.25) is 0 Å². The smallest absolute Gasteiger partial charge is 0.157 e. The highest BCUT2D eigenvalue weighted by molar-refractivity contribution is 7.16. The molecule has 0 saturated heterocycles. The number of hydrogen-bond donors (Lipinski definition) is 0. The van der Waals surface area contributed by atoms with E-state index in [2.05, 4.69) is 9.24 Å². The molecule has 0 spiro atoms. The normalized spacial score (nSPS) is 10.9. The van der Waals surface area contributed by atoms with Crippen LogP contribution in [0.1, 0.15) is 26.7 Å². The van der Waals surface area contributed by atoms with Gasteiger partial charge in [0.25, 0.3) is 0 Å². The molecule has 0 bridgehead atoms. The molecular formula is C8H19O2P. The molecule has 0 aliphatic rings. The highest BCUT2D eigenvalue weighted by Gasteiger charge is 2.05. The van der Waals surface area contributed by atoms with E-state index in [0.717, 1.165) is 32.2 Å². The van der Waals surface area contributed by atoms with Crippen molar-refractivity contribution < 1.29 is 9.47 Å². The monoisotopic (exact) mass is 178 g/mol. The molecule has 0 aromatic heterocycles. The molecule has 3 heteroatoms. The summed E-state index contributed by atoms with van der Waals surface area (Å²) in [7, 11) is 2.71. The van der Waals surface area contributed by atoms with E-state index in [9.17, 15) is 0 Å². The van der Waals surface area contributed by atoms with Crippen LogP contribution in [0.5, 0.6) is 0 Å². The van der Waals surface area contributed by atoms with Crippen LogP contribution in [0.15, 0.2) is 0 Å². The van der Waals surface area contributed by atoms with Gasteiger partial charge in [0.1, 0.15) is 0 Å². The van der Waals surface area contributed by atoms with Crippen molar-refractivity contribution in [2.75, 3.05) is 19.4 Å².